The van der Waals surface area contributed by atoms with Crippen LogP contribution in [0.1, 0.15) is 26.2 Å². The molecule has 1 aromatic rings. The van der Waals surface area contributed by atoms with Crippen LogP contribution in [0.4, 0.5) is 17.3 Å². The highest BCUT2D eigenvalue weighted by Gasteiger charge is 2.19. The normalized spacial score (nSPS) is 10.3. The van der Waals surface area contributed by atoms with Crippen molar-refractivity contribution in [2.45, 2.75) is 26.2 Å². The summed E-state index contributed by atoms with van der Waals surface area (Å²) in [7, 11) is 1.80. The molecule has 0 bridgehead atoms. The summed E-state index contributed by atoms with van der Waals surface area (Å²) in [6.45, 7) is 3.51. The zero-order chi connectivity index (χ0) is 15.0. The largest absolute Gasteiger partial charge is 0.396 e. The molecule has 1 rings (SSSR count). The minimum Gasteiger partial charge on any atom is -0.396 e. The van der Waals surface area contributed by atoms with Crippen molar-refractivity contribution < 1.29 is 10.0 Å². The summed E-state index contributed by atoms with van der Waals surface area (Å²) < 4.78 is 0. The highest BCUT2D eigenvalue weighted by atomic mass is 16.6. The van der Waals surface area contributed by atoms with Gasteiger partial charge in [-0.15, -0.1) is 0 Å². The van der Waals surface area contributed by atoms with Gasteiger partial charge in [-0.1, -0.05) is 0 Å². The van der Waals surface area contributed by atoms with E-state index in [9.17, 15) is 10.1 Å². The maximum atomic E-state index is 11.1. The molecule has 0 saturated heterocycles. The molecule has 0 atom stereocenters. The van der Waals surface area contributed by atoms with Gasteiger partial charge >= 0.3 is 5.69 Å². The van der Waals surface area contributed by atoms with Crippen LogP contribution in [0.2, 0.25) is 0 Å². The van der Waals surface area contributed by atoms with E-state index >= 15 is 0 Å². The fourth-order valence-electron chi connectivity index (χ4n) is 1.89. The SMILES string of the molecule is CCNc1ccc([N+](=O)[O-])c(N(C)CCCCCO)n1. The Hall–Kier alpha value is -1.89. The maximum absolute atomic E-state index is 11.1. The van der Waals surface area contributed by atoms with Crippen molar-refractivity contribution in [2.24, 2.45) is 0 Å². The van der Waals surface area contributed by atoms with Crippen molar-refractivity contribution in [1.29, 1.82) is 0 Å². The van der Waals surface area contributed by atoms with Crippen molar-refractivity contribution in [3.05, 3.63) is 22.2 Å². The Morgan fingerprint density at radius 3 is 2.75 bits per heavy atom. The monoisotopic (exact) mass is 282 g/mol. The number of nitro groups is 1. The van der Waals surface area contributed by atoms with E-state index in [1.165, 1.54) is 6.07 Å². The highest BCUT2D eigenvalue weighted by Crippen LogP contribution is 2.27. The van der Waals surface area contributed by atoms with Crippen LogP contribution in [-0.2, 0) is 0 Å². The number of pyridine rings is 1. The predicted octanol–water partition coefficient (Wildman–Crippen LogP) is 2.02. The summed E-state index contributed by atoms with van der Waals surface area (Å²) in [5.74, 6) is 1.01. The van der Waals surface area contributed by atoms with Gasteiger partial charge in [0.15, 0.2) is 0 Å². The number of nitrogens with zero attached hydrogens (tertiary/aromatic N) is 3. The summed E-state index contributed by atoms with van der Waals surface area (Å²) in [6, 6.07) is 3.09. The van der Waals surface area contributed by atoms with Crippen molar-refractivity contribution in [3.63, 3.8) is 0 Å². The van der Waals surface area contributed by atoms with Crippen LogP contribution in [0.25, 0.3) is 0 Å². The van der Waals surface area contributed by atoms with E-state index < -0.39 is 4.92 Å². The Morgan fingerprint density at radius 1 is 1.40 bits per heavy atom. The molecule has 0 amide bonds. The summed E-state index contributed by atoms with van der Waals surface area (Å²) in [5.41, 5.74) is 0.0105. The number of nitrogens with one attached hydrogen (secondary N) is 1. The second-order valence-corrected chi connectivity index (χ2v) is 4.53. The van der Waals surface area contributed by atoms with Gasteiger partial charge in [0.25, 0.3) is 0 Å². The molecule has 0 aliphatic heterocycles. The zero-order valence-electron chi connectivity index (χ0n) is 12.0. The molecule has 1 heterocycles. The van der Waals surface area contributed by atoms with E-state index in [0.717, 1.165) is 19.3 Å². The molecule has 0 aromatic carbocycles. The number of aromatic nitrogens is 1. The fraction of sp³-hybridized carbons (Fsp3) is 0.615. The Morgan fingerprint density at radius 2 is 2.15 bits per heavy atom. The van der Waals surface area contributed by atoms with Gasteiger partial charge in [0.05, 0.1) is 4.92 Å². The molecule has 20 heavy (non-hydrogen) atoms. The lowest BCUT2D eigenvalue weighted by molar-refractivity contribution is -0.384. The Bertz CT molecular complexity index is 440. The maximum Gasteiger partial charge on any atom is 0.311 e. The number of aliphatic hydroxyl groups is 1. The predicted molar refractivity (Wildman–Crippen MR) is 79.3 cm³/mol. The molecule has 7 nitrogen and oxygen atoms in total. The smallest absolute Gasteiger partial charge is 0.311 e. The second-order valence-electron chi connectivity index (χ2n) is 4.53. The van der Waals surface area contributed by atoms with E-state index in [1.54, 1.807) is 18.0 Å². The molecule has 1 aromatic heterocycles. The average molecular weight is 282 g/mol. The third-order valence-corrected chi connectivity index (χ3v) is 2.92. The van der Waals surface area contributed by atoms with Gasteiger partial charge in [-0.25, -0.2) is 4.98 Å². The number of hydrogen-bond acceptors (Lipinski definition) is 6. The second kappa shape index (κ2) is 8.31. The quantitative estimate of drug-likeness (QED) is 0.409. The molecular formula is C13H22N4O3. The molecule has 112 valence electrons. The minimum atomic E-state index is -0.414. The van der Waals surface area contributed by atoms with Gasteiger partial charge in [-0.05, 0) is 32.3 Å². The molecular weight excluding hydrogens is 260 g/mol. The van der Waals surface area contributed by atoms with Crippen LogP contribution in [0, 0.1) is 10.1 Å². The Kier molecular flexibility index (Phi) is 6.72. The molecule has 0 aliphatic rings. The number of hydrogen-bond donors (Lipinski definition) is 2. The lowest BCUT2D eigenvalue weighted by Gasteiger charge is -2.18. The van der Waals surface area contributed by atoms with E-state index in [1.807, 2.05) is 6.92 Å². The average Bonchev–Trinajstić information content (AvgIpc) is 2.43. The molecule has 0 spiro atoms. The molecule has 0 radical (unpaired) electrons. The first-order valence-corrected chi connectivity index (χ1v) is 6.81. The van der Waals surface area contributed by atoms with Crippen molar-refractivity contribution >= 4 is 17.3 Å². The molecule has 7 heteroatoms. The summed E-state index contributed by atoms with van der Waals surface area (Å²) in [6.07, 6.45) is 2.50. The van der Waals surface area contributed by atoms with Crippen LogP contribution in [-0.4, -0.2) is 41.8 Å². The van der Waals surface area contributed by atoms with Gasteiger partial charge in [0.1, 0.15) is 5.82 Å². The van der Waals surface area contributed by atoms with Crippen LogP contribution >= 0.6 is 0 Å². The molecule has 2 N–H and O–H groups in total. The molecule has 0 unspecified atom stereocenters. The van der Waals surface area contributed by atoms with Crippen LogP contribution in [0.5, 0.6) is 0 Å². The number of unbranched alkanes of at least 4 members (excludes halogenated alkanes) is 2. The van der Waals surface area contributed by atoms with Gasteiger partial charge < -0.3 is 15.3 Å². The first kappa shape index (κ1) is 16.2. The van der Waals surface area contributed by atoms with Crippen molar-refractivity contribution in [1.82, 2.24) is 4.98 Å². The van der Waals surface area contributed by atoms with Crippen LogP contribution < -0.4 is 10.2 Å². The Balaban J connectivity index is 2.82. The van der Waals surface area contributed by atoms with E-state index in [4.69, 9.17) is 5.11 Å². The van der Waals surface area contributed by atoms with Gasteiger partial charge in [-0.2, -0.15) is 0 Å². The molecule has 0 fully saturated rings. The summed E-state index contributed by atoms with van der Waals surface area (Å²) in [4.78, 5) is 16.7. The minimum absolute atomic E-state index is 0.0105. The van der Waals surface area contributed by atoms with Gasteiger partial charge in [0, 0.05) is 32.8 Å². The van der Waals surface area contributed by atoms with Crippen molar-refractivity contribution in [3.8, 4) is 0 Å². The third-order valence-electron chi connectivity index (χ3n) is 2.92. The lowest BCUT2D eigenvalue weighted by atomic mass is 10.2. The summed E-state index contributed by atoms with van der Waals surface area (Å²) >= 11 is 0. The van der Waals surface area contributed by atoms with E-state index in [-0.39, 0.29) is 12.3 Å². The summed E-state index contributed by atoms with van der Waals surface area (Å²) in [5, 5.41) is 22.8. The van der Waals surface area contributed by atoms with Gasteiger partial charge in [-0.3, -0.25) is 10.1 Å². The van der Waals surface area contributed by atoms with Crippen LogP contribution in [0.15, 0.2) is 12.1 Å². The number of anilines is 2. The lowest BCUT2D eigenvalue weighted by Crippen LogP contribution is -2.21. The Labute approximate surface area is 118 Å². The topological polar surface area (TPSA) is 91.5 Å². The molecule has 0 saturated carbocycles. The van der Waals surface area contributed by atoms with E-state index in [0.29, 0.717) is 24.7 Å². The fourth-order valence-corrected chi connectivity index (χ4v) is 1.89. The first-order chi connectivity index (χ1) is 9.60. The van der Waals surface area contributed by atoms with Crippen LogP contribution in [0.3, 0.4) is 0 Å². The highest BCUT2D eigenvalue weighted by molar-refractivity contribution is 5.61. The number of rotatable bonds is 9. The molecule has 0 aliphatic carbocycles. The zero-order valence-corrected chi connectivity index (χ0v) is 12.0. The van der Waals surface area contributed by atoms with Gasteiger partial charge in [0.2, 0.25) is 5.82 Å². The third kappa shape index (κ3) is 4.65. The number of aliphatic hydroxyl groups excluding tert-OH is 1. The first-order valence-electron chi connectivity index (χ1n) is 6.81. The standard InChI is InChI=1S/C13H22N4O3/c1-3-14-12-8-7-11(17(19)20)13(15-12)16(2)9-5-4-6-10-18/h7-8,18H,3-6,9-10H2,1-2H3,(H,14,15). The van der Waals surface area contributed by atoms with E-state index in [2.05, 4.69) is 10.3 Å². The van der Waals surface area contributed by atoms with Crippen molar-refractivity contribution in [2.75, 3.05) is 37.0 Å².